The Morgan fingerprint density at radius 1 is 1.55 bits per heavy atom. The number of fused-ring (bicyclic) bond motifs is 1. The normalized spacial score (nSPS) is 14.4. The molecule has 0 unspecified atom stereocenters. The highest BCUT2D eigenvalue weighted by molar-refractivity contribution is 7.14. The molecule has 20 heavy (non-hydrogen) atoms. The van der Waals surface area contributed by atoms with Crippen molar-refractivity contribution in [2.45, 2.75) is 26.9 Å². The number of carbonyl (C=O) groups is 1. The standard InChI is InChI=1S/C14H22N2O2S.ClH/c1-14(2,8-15)9-16(3)13(17)12-6-10-7-18-5-4-11(10)19-12;/h6H,4-5,7-9,15H2,1-3H3;1H. The second-order valence-electron chi connectivity index (χ2n) is 5.89. The van der Waals surface area contributed by atoms with Crippen molar-refractivity contribution in [1.29, 1.82) is 0 Å². The van der Waals surface area contributed by atoms with Crippen molar-refractivity contribution in [2.75, 3.05) is 26.7 Å². The van der Waals surface area contributed by atoms with Crippen LogP contribution in [-0.2, 0) is 17.8 Å². The van der Waals surface area contributed by atoms with E-state index in [2.05, 4.69) is 13.8 Å². The molecule has 4 nitrogen and oxygen atoms in total. The molecule has 1 aromatic heterocycles. The Hall–Kier alpha value is -0.620. The van der Waals surface area contributed by atoms with Crippen LogP contribution in [-0.4, -0.2) is 37.6 Å². The first-order valence-corrected chi connectivity index (χ1v) is 7.39. The zero-order valence-electron chi connectivity index (χ0n) is 12.3. The number of rotatable bonds is 4. The van der Waals surface area contributed by atoms with Gasteiger partial charge in [0, 0.05) is 24.9 Å². The molecule has 0 saturated heterocycles. The number of carbonyl (C=O) groups excluding carboxylic acids is 1. The fourth-order valence-electron chi connectivity index (χ4n) is 2.22. The van der Waals surface area contributed by atoms with Gasteiger partial charge in [-0.3, -0.25) is 4.79 Å². The summed E-state index contributed by atoms with van der Waals surface area (Å²) in [5.41, 5.74) is 6.84. The molecule has 0 radical (unpaired) electrons. The van der Waals surface area contributed by atoms with E-state index in [1.165, 1.54) is 10.4 Å². The van der Waals surface area contributed by atoms with Gasteiger partial charge in [0.15, 0.2) is 0 Å². The van der Waals surface area contributed by atoms with Crippen LogP contribution in [0.2, 0.25) is 0 Å². The average molecular weight is 319 g/mol. The topological polar surface area (TPSA) is 55.6 Å². The van der Waals surface area contributed by atoms with Gasteiger partial charge in [-0.05, 0) is 23.6 Å². The van der Waals surface area contributed by atoms with Gasteiger partial charge < -0.3 is 15.4 Å². The minimum atomic E-state index is -0.0512. The fraction of sp³-hybridized carbons (Fsp3) is 0.643. The molecule has 0 saturated carbocycles. The first-order valence-electron chi connectivity index (χ1n) is 6.58. The molecule has 0 aromatic carbocycles. The third-order valence-corrected chi connectivity index (χ3v) is 4.63. The summed E-state index contributed by atoms with van der Waals surface area (Å²) in [5, 5.41) is 0. The average Bonchev–Trinajstić information content (AvgIpc) is 2.81. The molecule has 1 aromatic rings. The zero-order chi connectivity index (χ0) is 14.0. The Bertz CT molecular complexity index is 450. The number of nitrogens with two attached hydrogens (primary N) is 1. The van der Waals surface area contributed by atoms with Crippen molar-refractivity contribution in [3.63, 3.8) is 0 Å². The maximum absolute atomic E-state index is 12.4. The van der Waals surface area contributed by atoms with Gasteiger partial charge in [-0.1, -0.05) is 13.8 Å². The monoisotopic (exact) mass is 318 g/mol. The number of amides is 1. The van der Waals surface area contributed by atoms with E-state index in [1.807, 2.05) is 13.1 Å². The van der Waals surface area contributed by atoms with Crippen LogP contribution in [0.1, 0.15) is 34.0 Å². The Morgan fingerprint density at radius 2 is 2.25 bits per heavy atom. The second kappa shape index (κ2) is 6.89. The molecule has 6 heteroatoms. The van der Waals surface area contributed by atoms with E-state index in [9.17, 15) is 4.79 Å². The van der Waals surface area contributed by atoms with Gasteiger partial charge in [0.2, 0.25) is 0 Å². The number of ether oxygens (including phenoxy) is 1. The maximum atomic E-state index is 12.4. The summed E-state index contributed by atoms with van der Waals surface area (Å²) >= 11 is 1.60. The van der Waals surface area contributed by atoms with E-state index in [0.29, 0.717) is 19.7 Å². The van der Waals surface area contributed by atoms with Crippen molar-refractivity contribution in [1.82, 2.24) is 4.90 Å². The van der Waals surface area contributed by atoms with Crippen molar-refractivity contribution in [2.24, 2.45) is 11.1 Å². The summed E-state index contributed by atoms with van der Waals surface area (Å²) in [6.07, 6.45) is 0.922. The molecule has 0 bridgehead atoms. The Morgan fingerprint density at radius 3 is 2.85 bits per heavy atom. The molecule has 1 aliphatic heterocycles. The SMILES string of the molecule is CN(CC(C)(C)CN)C(=O)c1cc2c(s1)CCOC2.Cl. The van der Waals surface area contributed by atoms with Gasteiger partial charge in [-0.2, -0.15) is 0 Å². The van der Waals surface area contributed by atoms with E-state index in [0.717, 1.165) is 17.9 Å². The first kappa shape index (κ1) is 17.4. The smallest absolute Gasteiger partial charge is 0.263 e. The molecule has 0 aliphatic carbocycles. The predicted octanol–water partition coefficient (Wildman–Crippen LogP) is 2.30. The summed E-state index contributed by atoms with van der Waals surface area (Å²) in [5.74, 6) is 0.0842. The van der Waals surface area contributed by atoms with Crippen LogP contribution in [0.4, 0.5) is 0 Å². The van der Waals surface area contributed by atoms with Gasteiger partial charge in [-0.15, -0.1) is 23.7 Å². The van der Waals surface area contributed by atoms with Crippen LogP contribution in [0.15, 0.2) is 6.07 Å². The third-order valence-electron chi connectivity index (χ3n) is 3.40. The van der Waals surface area contributed by atoms with Crippen molar-refractivity contribution in [3.8, 4) is 0 Å². The first-order chi connectivity index (χ1) is 8.93. The summed E-state index contributed by atoms with van der Waals surface area (Å²) in [6.45, 7) is 6.78. The van der Waals surface area contributed by atoms with Crippen LogP contribution >= 0.6 is 23.7 Å². The van der Waals surface area contributed by atoms with Crippen LogP contribution in [0.3, 0.4) is 0 Å². The van der Waals surface area contributed by atoms with Crippen LogP contribution in [0, 0.1) is 5.41 Å². The fourth-order valence-corrected chi connectivity index (χ4v) is 3.36. The molecule has 0 atom stereocenters. The van der Waals surface area contributed by atoms with E-state index < -0.39 is 0 Å². The number of hydrogen-bond donors (Lipinski definition) is 1. The maximum Gasteiger partial charge on any atom is 0.263 e. The number of hydrogen-bond acceptors (Lipinski definition) is 4. The number of halogens is 1. The minimum Gasteiger partial charge on any atom is -0.376 e. The summed E-state index contributed by atoms with van der Waals surface area (Å²) in [7, 11) is 1.84. The molecule has 0 fully saturated rings. The molecule has 114 valence electrons. The summed E-state index contributed by atoms with van der Waals surface area (Å²) in [4.78, 5) is 16.3. The predicted molar refractivity (Wildman–Crippen MR) is 84.7 cm³/mol. The van der Waals surface area contributed by atoms with E-state index in [1.54, 1.807) is 16.2 Å². The lowest BCUT2D eigenvalue weighted by Crippen LogP contribution is -2.39. The molecular weight excluding hydrogens is 296 g/mol. The lowest BCUT2D eigenvalue weighted by atomic mass is 9.93. The van der Waals surface area contributed by atoms with E-state index in [4.69, 9.17) is 10.5 Å². The molecule has 1 aliphatic rings. The van der Waals surface area contributed by atoms with Gasteiger partial charge in [0.1, 0.15) is 0 Å². The van der Waals surface area contributed by atoms with Crippen molar-refractivity contribution >= 4 is 29.7 Å². The Kier molecular flexibility index (Phi) is 6.01. The molecule has 2 heterocycles. The van der Waals surface area contributed by atoms with E-state index in [-0.39, 0.29) is 23.7 Å². The summed E-state index contributed by atoms with van der Waals surface area (Å²) in [6, 6.07) is 1.98. The Labute approximate surface area is 130 Å². The van der Waals surface area contributed by atoms with Crippen molar-refractivity contribution in [3.05, 3.63) is 21.4 Å². The third kappa shape index (κ3) is 3.95. The minimum absolute atomic E-state index is 0. The van der Waals surface area contributed by atoms with Crippen LogP contribution in [0.25, 0.3) is 0 Å². The quantitative estimate of drug-likeness (QED) is 0.926. The molecule has 0 spiro atoms. The van der Waals surface area contributed by atoms with Gasteiger partial charge in [0.05, 0.1) is 18.1 Å². The van der Waals surface area contributed by atoms with E-state index >= 15 is 0 Å². The zero-order valence-corrected chi connectivity index (χ0v) is 13.9. The van der Waals surface area contributed by atoms with Crippen LogP contribution in [0.5, 0.6) is 0 Å². The lowest BCUT2D eigenvalue weighted by Gasteiger charge is -2.28. The highest BCUT2D eigenvalue weighted by atomic mass is 35.5. The van der Waals surface area contributed by atoms with Gasteiger partial charge >= 0.3 is 0 Å². The molecule has 1 amide bonds. The largest absolute Gasteiger partial charge is 0.376 e. The van der Waals surface area contributed by atoms with Gasteiger partial charge in [0.25, 0.3) is 5.91 Å². The van der Waals surface area contributed by atoms with Crippen molar-refractivity contribution < 1.29 is 9.53 Å². The van der Waals surface area contributed by atoms with Crippen LogP contribution < -0.4 is 5.73 Å². The Balaban J connectivity index is 0.00000200. The van der Waals surface area contributed by atoms with Gasteiger partial charge in [-0.25, -0.2) is 0 Å². The highest BCUT2D eigenvalue weighted by Crippen LogP contribution is 2.28. The highest BCUT2D eigenvalue weighted by Gasteiger charge is 2.24. The molecular formula is C14H23ClN2O2S. The molecule has 2 N–H and O–H groups in total. The summed E-state index contributed by atoms with van der Waals surface area (Å²) < 4.78 is 5.41. The number of nitrogens with zero attached hydrogens (tertiary/aromatic N) is 1. The lowest BCUT2D eigenvalue weighted by molar-refractivity contribution is 0.0745. The number of thiophene rings is 1. The second-order valence-corrected chi connectivity index (χ2v) is 7.03. The molecule has 2 rings (SSSR count).